The fraction of sp³-hybridized carbons (Fsp3) is 0.533. The summed E-state index contributed by atoms with van der Waals surface area (Å²) in [7, 11) is 1.29. The summed E-state index contributed by atoms with van der Waals surface area (Å²) in [4.78, 5) is 29.5. The van der Waals surface area contributed by atoms with Crippen molar-refractivity contribution in [2.75, 3.05) is 20.3 Å². The third-order valence-corrected chi connectivity index (χ3v) is 3.76. The number of ether oxygens (including phenoxy) is 1. The molecule has 0 saturated carbocycles. The molecule has 1 aliphatic rings. The van der Waals surface area contributed by atoms with Crippen LogP contribution in [0.4, 0.5) is 4.79 Å². The van der Waals surface area contributed by atoms with E-state index in [9.17, 15) is 14.7 Å². The minimum atomic E-state index is -0.546. The minimum Gasteiger partial charge on any atom is -0.453 e. The van der Waals surface area contributed by atoms with E-state index in [0.29, 0.717) is 17.8 Å². The second-order valence-electron chi connectivity index (χ2n) is 5.21. The molecular weight excluding hydrogens is 286 g/mol. The fourth-order valence-corrected chi connectivity index (χ4v) is 2.57. The SMILES string of the molecule is COC(=O)NCc1cc(C(=O)N2CCCCC2CO)ccn1. The molecule has 22 heavy (non-hydrogen) atoms. The van der Waals surface area contributed by atoms with Crippen LogP contribution in [0.1, 0.15) is 35.3 Å². The number of hydrogen-bond acceptors (Lipinski definition) is 5. The number of aliphatic hydroxyl groups excluding tert-OH is 1. The number of aromatic nitrogens is 1. The molecule has 1 unspecified atom stereocenters. The van der Waals surface area contributed by atoms with Gasteiger partial charge >= 0.3 is 6.09 Å². The Morgan fingerprint density at radius 2 is 2.32 bits per heavy atom. The largest absolute Gasteiger partial charge is 0.453 e. The highest BCUT2D eigenvalue weighted by Crippen LogP contribution is 2.19. The monoisotopic (exact) mass is 307 g/mol. The molecule has 1 saturated heterocycles. The number of methoxy groups -OCH3 is 1. The van der Waals surface area contributed by atoms with Crippen LogP contribution in [0.25, 0.3) is 0 Å². The number of rotatable bonds is 4. The quantitative estimate of drug-likeness (QED) is 0.863. The van der Waals surface area contributed by atoms with Crippen molar-refractivity contribution < 1.29 is 19.4 Å². The van der Waals surface area contributed by atoms with Crippen molar-refractivity contribution in [3.63, 3.8) is 0 Å². The fourth-order valence-electron chi connectivity index (χ4n) is 2.57. The molecule has 0 aliphatic carbocycles. The molecule has 2 heterocycles. The minimum absolute atomic E-state index is 0.0203. The average molecular weight is 307 g/mol. The van der Waals surface area contributed by atoms with E-state index in [1.165, 1.54) is 7.11 Å². The number of likely N-dealkylation sites (tertiary alicyclic amines) is 1. The Hall–Kier alpha value is -2.15. The van der Waals surface area contributed by atoms with Gasteiger partial charge < -0.3 is 20.1 Å². The summed E-state index contributed by atoms with van der Waals surface area (Å²) in [5, 5.41) is 11.9. The first-order chi connectivity index (χ1) is 10.7. The van der Waals surface area contributed by atoms with Gasteiger partial charge in [-0.25, -0.2) is 4.79 Å². The van der Waals surface area contributed by atoms with Crippen LogP contribution < -0.4 is 5.32 Å². The van der Waals surface area contributed by atoms with E-state index in [2.05, 4.69) is 15.0 Å². The Kier molecular flexibility index (Phi) is 5.71. The van der Waals surface area contributed by atoms with Crippen LogP contribution in [0.5, 0.6) is 0 Å². The molecule has 1 fully saturated rings. The number of pyridine rings is 1. The molecular formula is C15H21N3O4. The van der Waals surface area contributed by atoms with E-state index in [1.807, 2.05) is 0 Å². The smallest absolute Gasteiger partial charge is 0.407 e. The lowest BCUT2D eigenvalue weighted by Gasteiger charge is -2.34. The molecule has 120 valence electrons. The molecule has 1 aliphatic heterocycles. The number of amides is 2. The Bertz CT molecular complexity index is 535. The zero-order valence-electron chi connectivity index (χ0n) is 12.6. The van der Waals surface area contributed by atoms with E-state index in [1.54, 1.807) is 23.2 Å². The van der Waals surface area contributed by atoms with Crippen LogP contribution in [0.2, 0.25) is 0 Å². The van der Waals surface area contributed by atoms with E-state index in [0.717, 1.165) is 19.3 Å². The third-order valence-electron chi connectivity index (χ3n) is 3.76. The maximum Gasteiger partial charge on any atom is 0.407 e. The Morgan fingerprint density at radius 1 is 1.50 bits per heavy atom. The molecule has 0 radical (unpaired) electrons. The molecule has 2 N–H and O–H groups in total. The van der Waals surface area contributed by atoms with Gasteiger partial charge in [-0.3, -0.25) is 9.78 Å². The normalized spacial score (nSPS) is 17.9. The van der Waals surface area contributed by atoms with Crippen LogP contribution >= 0.6 is 0 Å². The lowest BCUT2D eigenvalue weighted by atomic mass is 10.0. The first-order valence-corrected chi connectivity index (χ1v) is 7.34. The number of carbonyl (C=O) groups is 2. The number of piperidine rings is 1. The molecule has 7 nitrogen and oxygen atoms in total. The van der Waals surface area contributed by atoms with Gasteiger partial charge in [-0.05, 0) is 31.4 Å². The Morgan fingerprint density at radius 3 is 3.05 bits per heavy atom. The average Bonchev–Trinajstić information content (AvgIpc) is 2.59. The second-order valence-corrected chi connectivity index (χ2v) is 5.21. The summed E-state index contributed by atoms with van der Waals surface area (Å²) in [5.74, 6) is -0.111. The number of nitrogens with zero attached hydrogens (tertiary/aromatic N) is 2. The highest BCUT2D eigenvalue weighted by atomic mass is 16.5. The van der Waals surface area contributed by atoms with Gasteiger partial charge in [0, 0.05) is 18.3 Å². The molecule has 1 aromatic heterocycles. The van der Waals surface area contributed by atoms with Crippen molar-refractivity contribution in [2.24, 2.45) is 0 Å². The predicted molar refractivity (Wildman–Crippen MR) is 79.2 cm³/mol. The van der Waals surface area contributed by atoms with Crippen molar-refractivity contribution in [2.45, 2.75) is 31.8 Å². The summed E-state index contributed by atoms with van der Waals surface area (Å²) in [6, 6.07) is 3.18. The van der Waals surface area contributed by atoms with Gasteiger partial charge in [0.15, 0.2) is 0 Å². The maximum absolute atomic E-state index is 12.6. The van der Waals surface area contributed by atoms with Crippen molar-refractivity contribution in [1.29, 1.82) is 0 Å². The molecule has 7 heteroatoms. The van der Waals surface area contributed by atoms with Gasteiger partial charge in [0.1, 0.15) is 0 Å². The number of carbonyl (C=O) groups excluding carboxylic acids is 2. The highest BCUT2D eigenvalue weighted by molar-refractivity contribution is 5.94. The van der Waals surface area contributed by atoms with Gasteiger partial charge in [-0.15, -0.1) is 0 Å². The third kappa shape index (κ3) is 3.94. The van der Waals surface area contributed by atoms with E-state index >= 15 is 0 Å². The van der Waals surface area contributed by atoms with E-state index in [4.69, 9.17) is 0 Å². The molecule has 2 rings (SSSR count). The molecule has 1 atom stereocenters. The van der Waals surface area contributed by atoms with Gasteiger partial charge in [0.2, 0.25) is 0 Å². The van der Waals surface area contributed by atoms with E-state index in [-0.39, 0.29) is 25.1 Å². The summed E-state index contributed by atoms with van der Waals surface area (Å²) in [5.41, 5.74) is 1.09. The zero-order valence-corrected chi connectivity index (χ0v) is 12.6. The van der Waals surface area contributed by atoms with Gasteiger partial charge in [-0.2, -0.15) is 0 Å². The molecule has 0 spiro atoms. The van der Waals surface area contributed by atoms with Crippen molar-refractivity contribution in [3.8, 4) is 0 Å². The van der Waals surface area contributed by atoms with Gasteiger partial charge in [0.25, 0.3) is 5.91 Å². The lowest BCUT2D eigenvalue weighted by molar-refractivity contribution is 0.0503. The van der Waals surface area contributed by atoms with Crippen molar-refractivity contribution in [1.82, 2.24) is 15.2 Å². The van der Waals surface area contributed by atoms with Crippen LogP contribution in [0, 0.1) is 0 Å². The second kappa shape index (κ2) is 7.74. The van der Waals surface area contributed by atoms with E-state index < -0.39 is 6.09 Å². The Balaban J connectivity index is 2.07. The molecule has 2 amide bonds. The van der Waals surface area contributed by atoms with Crippen LogP contribution in [0.15, 0.2) is 18.3 Å². The first kappa shape index (κ1) is 16.2. The number of alkyl carbamates (subject to hydrolysis) is 1. The summed E-state index contributed by atoms with van der Waals surface area (Å²) in [6.07, 6.45) is 3.79. The summed E-state index contributed by atoms with van der Waals surface area (Å²) < 4.78 is 4.49. The van der Waals surface area contributed by atoms with Crippen molar-refractivity contribution in [3.05, 3.63) is 29.6 Å². The zero-order chi connectivity index (χ0) is 15.9. The van der Waals surface area contributed by atoms with Gasteiger partial charge in [-0.1, -0.05) is 0 Å². The number of nitrogens with one attached hydrogen (secondary N) is 1. The van der Waals surface area contributed by atoms with Crippen LogP contribution in [-0.2, 0) is 11.3 Å². The Labute approximate surface area is 129 Å². The standard InChI is InChI=1S/C15H21N3O4/c1-22-15(21)17-9-12-8-11(5-6-16-12)14(20)18-7-3-2-4-13(18)10-19/h5-6,8,13,19H,2-4,7,9-10H2,1H3,(H,17,21). The lowest BCUT2D eigenvalue weighted by Crippen LogP contribution is -2.45. The molecule has 0 aromatic carbocycles. The highest BCUT2D eigenvalue weighted by Gasteiger charge is 2.27. The van der Waals surface area contributed by atoms with Crippen LogP contribution in [-0.4, -0.2) is 53.3 Å². The first-order valence-electron chi connectivity index (χ1n) is 7.34. The predicted octanol–water partition coefficient (Wildman–Crippen LogP) is 0.925. The topological polar surface area (TPSA) is 91.8 Å². The maximum atomic E-state index is 12.6. The molecule has 0 bridgehead atoms. The summed E-state index contributed by atoms with van der Waals surface area (Å²) >= 11 is 0. The van der Waals surface area contributed by atoms with Crippen LogP contribution in [0.3, 0.4) is 0 Å². The van der Waals surface area contributed by atoms with Crippen molar-refractivity contribution >= 4 is 12.0 Å². The summed E-state index contributed by atoms with van der Waals surface area (Å²) in [6.45, 7) is 0.826. The number of hydrogen-bond donors (Lipinski definition) is 2. The molecule has 1 aromatic rings. The number of aliphatic hydroxyl groups is 1. The van der Waals surface area contributed by atoms with Gasteiger partial charge in [0.05, 0.1) is 32.0 Å².